The fourth-order valence-corrected chi connectivity index (χ4v) is 9.72. The molecule has 57 heavy (non-hydrogen) atoms. The van der Waals surface area contributed by atoms with Crippen LogP contribution in [0.15, 0.2) is 218 Å². The van der Waals surface area contributed by atoms with Gasteiger partial charge in [0, 0.05) is 48.0 Å². The van der Waals surface area contributed by atoms with Crippen LogP contribution in [-0.2, 0) is 0 Å². The first-order valence-corrected chi connectivity index (χ1v) is 20.2. The summed E-state index contributed by atoms with van der Waals surface area (Å²) in [5.41, 5.74) is 14.1. The summed E-state index contributed by atoms with van der Waals surface area (Å²) in [7, 11) is 0. The monoisotopic (exact) mass is 744 g/mol. The van der Waals surface area contributed by atoms with E-state index in [2.05, 4.69) is 228 Å². The summed E-state index contributed by atoms with van der Waals surface area (Å²) in [5.74, 6) is 0. The van der Waals surface area contributed by atoms with Crippen LogP contribution in [0, 0.1) is 0 Å². The normalized spacial score (nSPS) is 11.5. The van der Waals surface area contributed by atoms with E-state index in [9.17, 15) is 0 Å². The molecule has 0 aliphatic heterocycles. The largest absolute Gasteiger partial charge is 0.310 e. The molecule has 0 fully saturated rings. The van der Waals surface area contributed by atoms with E-state index in [1.165, 1.54) is 75.4 Å². The first kappa shape index (κ1) is 33.2. The van der Waals surface area contributed by atoms with Crippen molar-refractivity contribution in [2.75, 3.05) is 4.90 Å². The number of rotatable bonds is 7. The summed E-state index contributed by atoms with van der Waals surface area (Å²) < 4.78 is 4.99. The zero-order valence-electron chi connectivity index (χ0n) is 31.1. The van der Waals surface area contributed by atoms with Gasteiger partial charge >= 0.3 is 0 Å². The molecule has 0 radical (unpaired) electrons. The Bertz CT molecular complexity index is 3220. The standard InChI is InChI=1S/C54H36N2S/c1-4-15-37(16-5-1)39-29-31-40(32-30-39)45-24-13-25-49-53(45)47-36-44(33-34-48(47)56(49)42-20-8-3-9-21-42)55(43-22-12-19-41(35-43)38-17-6-2-7-18-38)50-26-14-28-52-54(50)46-23-10-11-27-51(46)57-52/h1-36H. The van der Waals surface area contributed by atoms with Gasteiger partial charge in [-0.25, -0.2) is 0 Å². The van der Waals surface area contributed by atoms with Crippen molar-refractivity contribution >= 4 is 70.4 Å². The van der Waals surface area contributed by atoms with E-state index in [0.29, 0.717) is 0 Å². The van der Waals surface area contributed by atoms with Crippen molar-refractivity contribution in [3.8, 4) is 39.1 Å². The van der Waals surface area contributed by atoms with Crippen molar-refractivity contribution in [1.82, 2.24) is 4.57 Å². The molecule has 9 aromatic carbocycles. The fourth-order valence-electron chi connectivity index (χ4n) is 8.59. The summed E-state index contributed by atoms with van der Waals surface area (Å²) in [6.45, 7) is 0. The van der Waals surface area contributed by atoms with Crippen LogP contribution in [0.2, 0.25) is 0 Å². The maximum Gasteiger partial charge on any atom is 0.0554 e. The Hall–Kier alpha value is -7.20. The lowest BCUT2D eigenvalue weighted by Crippen LogP contribution is -2.10. The predicted molar refractivity (Wildman–Crippen MR) is 245 cm³/mol. The molecule has 2 nitrogen and oxygen atoms in total. The van der Waals surface area contributed by atoms with Crippen molar-refractivity contribution in [1.29, 1.82) is 0 Å². The second-order valence-electron chi connectivity index (χ2n) is 14.5. The molecule has 2 heterocycles. The number of benzene rings is 9. The predicted octanol–water partition coefficient (Wildman–Crippen LogP) is 15.6. The summed E-state index contributed by atoms with van der Waals surface area (Å²) in [6.07, 6.45) is 0. The first-order chi connectivity index (χ1) is 28.3. The van der Waals surface area contributed by atoms with Crippen LogP contribution < -0.4 is 4.90 Å². The van der Waals surface area contributed by atoms with Gasteiger partial charge in [-0.05, 0) is 100 Å². The maximum absolute atomic E-state index is 2.47. The zero-order chi connectivity index (χ0) is 37.7. The Balaban J connectivity index is 1.18. The number of aromatic nitrogens is 1. The van der Waals surface area contributed by atoms with E-state index in [1.54, 1.807) is 0 Å². The average molecular weight is 745 g/mol. The minimum atomic E-state index is 1.11. The third-order valence-corrected chi connectivity index (χ3v) is 12.3. The van der Waals surface area contributed by atoms with E-state index >= 15 is 0 Å². The summed E-state index contributed by atoms with van der Waals surface area (Å²) in [6, 6.07) is 79.4. The lowest BCUT2D eigenvalue weighted by atomic mass is 9.96. The van der Waals surface area contributed by atoms with Crippen LogP contribution >= 0.6 is 11.3 Å². The number of para-hydroxylation sites is 1. The smallest absolute Gasteiger partial charge is 0.0554 e. The summed E-state index contributed by atoms with van der Waals surface area (Å²) in [5, 5.41) is 5.00. The van der Waals surface area contributed by atoms with Crippen molar-refractivity contribution in [2.45, 2.75) is 0 Å². The van der Waals surface area contributed by atoms with Crippen LogP contribution in [-0.4, -0.2) is 4.57 Å². The third kappa shape index (κ3) is 5.71. The minimum absolute atomic E-state index is 1.11. The quantitative estimate of drug-likeness (QED) is 0.158. The molecule has 0 saturated carbocycles. The van der Waals surface area contributed by atoms with Crippen LogP contribution in [0.4, 0.5) is 17.1 Å². The van der Waals surface area contributed by atoms with Gasteiger partial charge in [-0.3, -0.25) is 0 Å². The lowest BCUT2D eigenvalue weighted by molar-refractivity contribution is 1.18. The molecule has 0 atom stereocenters. The molecule has 11 rings (SSSR count). The molecule has 268 valence electrons. The molecular formula is C54H36N2S. The summed E-state index contributed by atoms with van der Waals surface area (Å²) >= 11 is 1.86. The molecule has 0 amide bonds. The highest BCUT2D eigenvalue weighted by atomic mass is 32.1. The first-order valence-electron chi connectivity index (χ1n) is 19.4. The van der Waals surface area contributed by atoms with Gasteiger partial charge in [-0.2, -0.15) is 0 Å². The van der Waals surface area contributed by atoms with E-state index in [-0.39, 0.29) is 0 Å². The van der Waals surface area contributed by atoms with E-state index < -0.39 is 0 Å². The number of hydrogen-bond acceptors (Lipinski definition) is 2. The number of anilines is 3. The van der Waals surface area contributed by atoms with Gasteiger partial charge in [0.1, 0.15) is 0 Å². The van der Waals surface area contributed by atoms with Gasteiger partial charge in [-0.15, -0.1) is 11.3 Å². The van der Waals surface area contributed by atoms with Gasteiger partial charge in [-0.1, -0.05) is 152 Å². The SMILES string of the molecule is c1ccc(-c2ccc(-c3cccc4c3c3cc(N(c5cccc(-c6ccccc6)c5)c5cccc6sc7ccccc7c56)ccc3n4-c3ccccc3)cc2)cc1. The third-order valence-electron chi connectivity index (χ3n) is 11.2. The van der Waals surface area contributed by atoms with Crippen molar-refractivity contribution < 1.29 is 0 Å². The molecular weight excluding hydrogens is 709 g/mol. The molecule has 0 aliphatic rings. The molecule has 0 bridgehead atoms. The molecule has 0 spiro atoms. The number of fused-ring (bicyclic) bond motifs is 6. The highest BCUT2D eigenvalue weighted by Gasteiger charge is 2.22. The van der Waals surface area contributed by atoms with Gasteiger partial charge in [0.2, 0.25) is 0 Å². The van der Waals surface area contributed by atoms with Crippen LogP contribution in [0.5, 0.6) is 0 Å². The maximum atomic E-state index is 2.47. The molecule has 0 saturated heterocycles. The average Bonchev–Trinajstić information content (AvgIpc) is 3.84. The van der Waals surface area contributed by atoms with Crippen molar-refractivity contribution in [2.24, 2.45) is 0 Å². The minimum Gasteiger partial charge on any atom is -0.310 e. The van der Waals surface area contributed by atoms with Gasteiger partial charge < -0.3 is 9.47 Å². The van der Waals surface area contributed by atoms with Crippen LogP contribution in [0.1, 0.15) is 0 Å². The molecule has 0 unspecified atom stereocenters. The Morgan fingerprint density at radius 1 is 0.351 bits per heavy atom. The van der Waals surface area contributed by atoms with Crippen molar-refractivity contribution in [3.05, 3.63) is 218 Å². The van der Waals surface area contributed by atoms with Gasteiger partial charge in [0.15, 0.2) is 0 Å². The molecule has 3 heteroatoms. The second-order valence-corrected chi connectivity index (χ2v) is 15.6. The van der Waals surface area contributed by atoms with E-state index in [4.69, 9.17) is 0 Å². The number of thiophene rings is 1. The van der Waals surface area contributed by atoms with E-state index in [0.717, 1.165) is 22.7 Å². The molecule has 0 aliphatic carbocycles. The van der Waals surface area contributed by atoms with Gasteiger partial charge in [0.05, 0.1) is 16.7 Å². The van der Waals surface area contributed by atoms with Gasteiger partial charge in [0.25, 0.3) is 0 Å². The topological polar surface area (TPSA) is 8.17 Å². The van der Waals surface area contributed by atoms with Crippen LogP contribution in [0.3, 0.4) is 0 Å². The molecule has 11 aromatic rings. The highest BCUT2D eigenvalue weighted by Crippen LogP contribution is 2.47. The van der Waals surface area contributed by atoms with E-state index in [1.807, 2.05) is 11.3 Å². The zero-order valence-corrected chi connectivity index (χ0v) is 31.9. The second kappa shape index (κ2) is 13.8. The Morgan fingerprint density at radius 2 is 0.947 bits per heavy atom. The lowest BCUT2D eigenvalue weighted by Gasteiger charge is -2.27. The molecule has 2 aromatic heterocycles. The number of hydrogen-bond donors (Lipinski definition) is 0. The van der Waals surface area contributed by atoms with Crippen molar-refractivity contribution in [3.63, 3.8) is 0 Å². The Labute approximate surface area is 335 Å². The van der Waals surface area contributed by atoms with Crippen LogP contribution in [0.25, 0.3) is 81.0 Å². The fraction of sp³-hybridized carbons (Fsp3) is 0. The number of nitrogens with zero attached hydrogens (tertiary/aromatic N) is 2. The Morgan fingerprint density at radius 3 is 1.74 bits per heavy atom. The summed E-state index contributed by atoms with van der Waals surface area (Å²) in [4.78, 5) is 2.47. The highest BCUT2D eigenvalue weighted by molar-refractivity contribution is 7.26. The molecule has 0 N–H and O–H groups in total. The Kier molecular flexibility index (Phi) is 8.04.